The number of hydrogen-bond donors (Lipinski definition) is 2. The molecule has 2 aromatic rings. The molecule has 0 bridgehead atoms. The fourth-order valence-electron chi connectivity index (χ4n) is 3.45. The van der Waals surface area contributed by atoms with E-state index >= 15 is 0 Å². The van der Waals surface area contributed by atoms with Gasteiger partial charge in [-0.2, -0.15) is 0 Å². The predicted octanol–water partition coefficient (Wildman–Crippen LogP) is 4.33. The number of aliphatic imine (C=N–C) groups is 1. The molecule has 29 heavy (non-hydrogen) atoms. The Kier molecular flexibility index (Phi) is 9.20. The Morgan fingerprint density at radius 2 is 1.79 bits per heavy atom. The summed E-state index contributed by atoms with van der Waals surface area (Å²) in [5.41, 5.74) is 2.47. The quantitative estimate of drug-likeness (QED) is 0.333. The SMILES string of the molecule is CCNC(=NCc1ccc(N2CCCC2)nc1)NCC(C)(C)c1ccccc1.I. The molecule has 158 valence electrons. The van der Waals surface area contributed by atoms with Crippen LogP contribution in [-0.4, -0.2) is 37.1 Å². The number of rotatable bonds is 7. The van der Waals surface area contributed by atoms with Crippen molar-refractivity contribution in [1.82, 2.24) is 15.6 Å². The molecule has 1 saturated heterocycles. The van der Waals surface area contributed by atoms with Crippen molar-refractivity contribution in [2.45, 2.75) is 45.6 Å². The first kappa shape index (κ1) is 23.4. The van der Waals surface area contributed by atoms with Crippen LogP contribution in [0.1, 0.15) is 44.7 Å². The second-order valence-corrected chi connectivity index (χ2v) is 8.02. The highest BCUT2D eigenvalue weighted by molar-refractivity contribution is 14.0. The second kappa shape index (κ2) is 11.4. The van der Waals surface area contributed by atoms with E-state index < -0.39 is 0 Å². The third-order valence-electron chi connectivity index (χ3n) is 5.26. The second-order valence-electron chi connectivity index (χ2n) is 8.02. The molecule has 2 heterocycles. The van der Waals surface area contributed by atoms with Gasteiger partial charge in [0.15, 0.2) is 5.96 Å². The molecule has 0 spiro atoms. The average Bonchev–Trinajstić information content (AvgIpc) is 3.26. The lowest BCUT2D eigenvalue weighted by Gasteiger charge is -2.26. The van der Waals surface area contributed by atoms with Gasteiger partial charge in [0, 0.05) is 37.8 Å². The molecule has 1 aromatic carbocycles. The normalized spacial score (nSPS) is 14.4. The van der Waals surface area contributed by atoms with E-state index in [1.807, 2.05) is 6.20 Å². The monoisotopic (exact) mass is 507 g/mol. The van der Waals surface area contributed by atoms with Crippen LogP contribution in [0.15, 0.2) is 53.7 Å². The van der Waals surface area contributed by atoms with E-state index in [1.54, 1.807) is 0 Å². The van der Waals surface area contributed by atoms with Crippen LogP contribution in [0.25, 0.3) is 0 Å². The van der Waals surface area contributed by atoms with Crippen LogP contribution in [-0.2, 0) is 12.0 Å². The Morgan fingerprint density at radius 3 is 2.41 bits per heavy atom. The number of nitrogens with zero attached hydrogens (tertiary/aromatic N) is 3. The molecule has 6 heteroatoms. The topological polar surface area (TPSA) is 52.6 Å². The van der Waals surface area contributed by atoms with Crippen molar-refractivity contribution in [3.63, 3.8) is 0 Å². The van der Waals surface area contributed by atoms with Gasteiger partial charge in [0.1, 0.15) is 5.82 Å². The van der Waals surface area contributed by atoms with Gasteiger partial charge in [-0.25, -0.2) is 9.98 Å². The molecule has 0 unspecified atom stereocenters. The Balaban J connectivity index is 0.00000300. The molecular weight excluding hydrogens is 473 g/mol. The van der Waals surface area contributed by atoms with E-state index in [0.29, 0.717) is 6.54 Å². The molecule has 1 aliphatic heterocycles. The third kappa shape index (κ3) is 6.87. The van der Waals surface area contributed by atoms with Crippen LogP contribution in [0.2, 0.25) is 0 Å². The molecule has 0 amide bonds. The molecule has 1 fully saturated rings. The zero-order valence-electron chi connectivity index (χ0n) is 17.8. The van der Waals surface area contributed by atoms with Crippen molar-refractivity contribution in [2.75, 3.05) is 31.1 Å². The van der Waals surface area contributed by atoms with Crippen molar-refractivity contribution in [1.29, 1.82) is 0 Å². The maximum absolute atomic E-state index is 4.75. The molecule has 2 N–H and O–H groups in total. The fourth-order valence-corrected chi connectivity index (χ4v) is 3.45. The Hall–Kier alpha value is -1.83. The summed E-state index contributed by atoms with van der Waals surface area (Å²) >= 11 is 0. The number of guanidine groups is 1. The number of pyridine rings is 1. The molecule has 1 aromatic heterocycles. The zero-order valence-corrected chi connectivity index (χ0v) is 20.1. The number of nitrogens with one attached hydrogen (secondary N) is 2. The van der Waals surface area contributed by atoms with Gasteiger partial charge in [-0.05, 0) is 37.0 Å². The summed E-state index contributed by atoms with van der Waals surface area (Å²) in [5, 5.41) is 6.84. The van der Waals surface area contributed by atoms with E-state index in [0.717, 1.165) is 43.5 Å². The van der Waals surface area contributed by atoms with Gasteiger partial charge in [0.2, 0.25) is 0 Å². The summed E-state index contributed by atoms with van der Waals surface area (Å²) < 4.78 is 0. The minimum Gasteiger partial charge on any atom is -0.357 e. The minimum absolute atomic E-state index is 0. The zero-order chi connectivity index (χ0) is 19.8. The van der Waals surface area contributed by atoms with E-state index in [2.05, 4.69) is 83.8 Å². The van der Waals surface area contributed by atoms with E-state index in [9.17, 15) is 0 Å². The minimum atomic E-state index is 0. The van der Waals surface area contributed by atoms with Crippen LogP contribution < -0.4 is 15.5 Å². The van der Waals surface area contributed by atoms with Crippen molar-refractivity contribution < 1.29 is 0 Å². The number of benzene rings is 1. The Bertz CT molecular complexity index is 753. The van der Waals surface area contributed by atoms with Crippen molar-refractivity contribution in [2.24, 2.45) is 4.99 Å². The molecular formula is C23H34IN5. The first-order valence-corrected chi connectivity index (χ1v) is 10.4. The maximum Gasteiger partial charge on any atom is 0.191 e. The summed E-state index contributed by atoms with van der Waals surface area (Å²) in [6.07, 6.45) is 4.49. The van der Waals surface area contributed by atoms with Crippen LogP contribution in [0.3, 0.4) is 0 Å². The summed E-state index contributed by atoms with van der Waals surface area (Å²) in [5.74, 6) is 1.93. The smallest absolute Gasteiger partial charge is 0.191 e. The summed E-state index contributed by atoms with van der Waals surface area (Å²) in [6, 6.07) is 14.9. The summed E-state index contributed by atoms with van der Waals surface area (Å²) in [7, 11) is 0. The highest BCUT2D eigenvalue weighted by Crippen LogP contribution is 2.21. The first-order chi connectivity index (χ1) is 13.6. The molecule has 1 aliphatic rings. The first-order valence-electron chi connectivity index (χ1n) is 10.4. The number of hydrogen-bond acceptors (Lipinski definition) is 3. The third-order valence-corrected chi connectivity index (χ3v) is 5.26. The standard InChI is InChI=1S/C23H33N5.HI/c1-4-24-22(27-18-23(2,3)20-10-6-5-7-11-20)26-17-19-12-13-21(25-16-19)28-14-8-9-15-28;/h5-7,10-13,16H,4,8-9,14-15,17-18H2,1-3H3,(H2,24,26,27);1H. The van der Waals surface area contributed by atoms with Crippen LogP contribution in [0.5, 0.6) is 0 Å². The van der Waals surface area contributed by atoms with Gasteiger partial charge in [0.25, 0.3) is 0 Å². The van der Waals surface area contributed by atoms with Crippen molar-refractivity contribution in [3.05, 3.63) is 59.8 Å². The van der Waals surface area contributed by atoms with Gasteiger partial charge in [-0.3, -0.25) is 0 Å². The lowest BCUT2D eigenvalue weighted by molar-refractivity contribution is 0.508. The Labute approximate surface area is 192 Å². The van der Waals surface area contributed by atoms with E-state index in [4.69, 9.17) is 4.99 Å². The highest BCUT2D eigenvalue weighted by Gasteiger charge is 2.20. The van der Waals surface area contributed by atoms with Gasteiger partial charge in [-0.1, -0.05) is 50.2 Å². The summed E-state index contributed by atoms with van der Waals surface area (Å²) in [6.45, 7) is 11.1. The van der Waals surface area contributed by atoms with Gasteiger partial charge in [-0.15, -0.1) is 24.0 Å². The summed E-state index contributed by atoms with van der Waals surface area (Å²) in [4.78, 5) is 11.7. The molecule has 0 saturated carbocycles. The van der Waals surface area contributed by atoms with Crippen molar-refractivity contribution >= 4 is 35.8 Å². The number of aromatic nitrogens is 1. The lowest BCUT2D eigenvalue weighted by Crippen LogP contribution is -2.43. The molecule has 5 nitrogen and oxygen atoms in total. The average molecular weight is 507 g/mol. The fraction of sp³-hybridized carbons (Fsp3) is 0.478. The van der Waals surface area contributed by atoms with Crippen molar-refractivity contribution in [3.8, 4) is 0 Å². The molecule has 0 aliphatic carbocycles. The Morgan fingerprint density at radius 1 is 1.07 bits per heavy atom. The lowest BCUT2D eigenvalue weighted by atomic mass is 9.85. The maximum atomic E-state index is 4.75. The molecule has 0 atom stereocenters. The van der Waals surface area contributed by atoms with Gasteiger partial charge in [0.05, 0.1) is 6.54 Å². The molecule has 3 rings (SSSR count). The highest BCUT2D eigenvalue weighted by atomic mass is 127. The molecule has 0 radical (unpaired) electrons. The largest absolute Gasteiger partial charge is 0.357 e. The van der Waals surface area contributed by atoms with Crippen LogP contribution in [0, 0.1) is 0 Å². The van der Waals surface area contributed by atoms with Crippen LogP contribution in [0.4, 0.5) is 5.82 Å². The van der Waals surface area contributed by atoms with Gasteiger partial charge < -0.3 is 15.5 Å². The predicted molar refractivity (Wildman–Crippen MR) is 133 cm³/mol. The van der Waals surface area contributed by atoms with Crippen LogP contribution >= 0.6 is 24.0 Å². The van der Waals surface area contributed by atoms with E-state index in [1.165, 1.54) is 18.4 Å². The van der Waals surface area contributed by atoms with E-state index in [-0.39, 0.29) is 29.4 Å². The number of halogens is 1. The van der Waals surface area contributed by atoms with Gasteiger partial charge >= 0.3 is 0 Å². The number of anilines is 1.